The molecule has 0 fully saturated rings. The van der Waals surface area contributed by atoms with Gasteiger partial charge in [0.1, 0.15) is 5.75 Å². The van der Waals surface area contributed by atoms with Crippen LogP contribution in [0.15, 0.2) is 30.1 Å². The van der Waals surface area contributed by atoms with Gasteiger partial charge >= 0.3 is 0 Å². The molecule has 1 aliphatic rings. The number of hydrogen-bond donors (Lipinski definition) is 0. The van der Waals surface area contributed by atoms with Crippen LogP contribution < -0.4 is 4.74 Å². The lowest BCUT2D eigenvalue weighted by molar-refractivity contribution is 0.0963. The molecule has 0 unspecified atom stereocenters. The van der Waals surface area contributed by atoms with E-state index in [0.29, 0.717) is 11.8 Å². The number of carbonyl (C=O) groups excluding carboxylic acids is 2. The molecule has 0 saturated heterocycles. The number of carbonyl (C=O) groups is 2. The first kappa shape index (κ1) is 9.58. The smallest absolute Gasteiger partial charge is 0.222 e. The van der Waals surface area contributed by atoms with E-state index in [-0.39, 0.29) is 11.1 Å². The SMILES string of the molecule is COc1ccc2c(c1)C(=O)C(F)=CC2=O. The van der Waals surface area contributed by atoms with Crippen LogP contribution in [0.2, 0.25) is 0 Å². The van der Waals surface area contributed by atoms with E-state index >= 15 is 0 Å². The van der Waals surface area contributed by atoms with Crippen LogP contribution in [0.5, 0.6) is 5.75 Å². The average Bonchev–Trinajstić information content (AvgIpc) is 2.25. The molecule has 0 spiro atoms. The summed E-state index contributed by atoms with van der Waals surface area (Å²) in [6.07, 6.45) is 0.705. The summed E-state index contributed by atoms with van der Waals surface area (Å²) in [5.74, 6) is -1.88. The van der Waals surface area contributed by atoms with Crippen molar-refractivity contribution in [3.8, 4) is 5.75 Å². The molecule has 0 atom stereocenters. The highest BCUT2D eigenvalue weighted by Crippen LogP contribution is 2.25. The molecule has 0 aromatic heterocycles. The van der Waals surface area contributed by atoms with Gasteiger partial charge in [-0.05, 0) is 18.2 Å². The predicted octanol–water partition coefficient (Wildman–Crippen LogP) is 1.93. The van der Waals surface area contributed by atoms with E-state index in [1.807, 2.05) is 0 Å². The van der Waals surface area contributed by atoms with Gasteiger partial charge < -0.3 is 4.74 Å². The van der Waals surface area contributed by atoms with Crippen molar-refractivity contribution in [1.82, 2.24) is 0 Å². The molecule has 2 rings (SSSR count). The van der Waals surface area contributed by atoms with Gasteiger partial charge in [-0.15, -0.1) is 0 Å². The van der Waals surface area contributed by atoms with Crippen molar-refractivity contribution in [2.24, 2.45) is 0 Å². The number of ether oxygens (including phenoxy) is 1. The van der Waals surface area contributed by atoms with Gasteiger partial charge in [-0.3, -0.25) is 9.59 Å². The second-order valence-electron chi connectivity index (χ2n) is 3.10. The summed E-state index contributed by atoms with van der Waals surface area (Å²) in [5.41, 5.74) is 0.265. The second-order valence-corrected chi connectivity index (χ2v) is 3.10. The van der Waals surface area contributed by atoms with Crippen molar-refractivity contribution in [3.05, 3.63) is 41.2 Å². The van der Waals surface area contributed by atoms with Gasteiger partial charge in [-0.25, -0.2) is 4.39 Å². The summed E-state index contributed by atoms with van der Waals surface area (Å²) in [6.45, 7) is 0. The Labute approximate surface area is 85.2 Å². The van der Waals surface area contributed by atoms with Gasteiger partial charge in [0.15, 0.2) is 11.6 Å². The molecule has 0 bridgehead atoms. The largest absolute Gasteiger partial charge is 0.497 e. The van der Waals surface area contributed by atoms with Crippen molar-refractivity contribution in [1.29, 1.82) is 0 Å². The highest BCUT2D eigenvalue weighted by molar-refractivity contribution is 6.23. The number of halogens is 1. The molecule has 76 valence electrons. The van der Waals surface area contributed by atoms with Crippen molar-refractivity contribution >= 4 is 11.6 Å². The summed E-state index contributed by atoms with van der Waals surface area (Å²) < 4.78 is 17.9. The molecule has 4 heteroatoms. The highest BCUT2D eigenvalue weighted by Gasteiger charge is 2.25. The van der Waals surface area contributed by atoms with E-state index in [9.17, 15) is 14.0 Å². The fourth-order valence-electron chi connectivity index (χ4n) is 1.44. The number of hydrogen-bond acceptors (Lipinski definition) is 3. The molecule has 0 amide bonds. The van der Waals surface area contributed by atoms with E-state index in [1.165, 1.54) is 19.2 Å². The summed E-state index contributed by atoms with van der Waals surface area (Å²) in [6, 6.07) is 4.38. The van der Waals surface area contributed by atoms with Crippen molar-refractivity contribution in [2.75, 3.05) is 7.11 Å². The van der Waals surface area contributed by atoms with Gasteiger partial charge in [0.25, 0.3) is 0 Å². The Balaban J connectivity index is 2.62. The summed E-state index contributed by atoms with van der Waals surface area (Å²) in [4.78, 5) is 22.7. The first-order valence-electron chi connectivity index (χ1n) is 4.27. The third-order valence-corrected chi connectivity index (χ3v) is 2.21. The number of fused-ring (bicyclic) bond motifs is 1. The fourth-order valence-corrected chi connectivity index (χ4v) is 1.44. The minimum Gasteiger partial charge on any atom is -0.497 e. The van der Waals surface area contributed by atoms with Gasteiger partial charge in [-0.2, -0.15) is 0 Å². The van der Waals surface area contributed by atoms with Crippen LogP contribution in [0.25, 0.3) is 0 Å². The van der Waals surface area contributed by atoms with Crippen molar-refractivity contribution < 1.29 is 18.7 Å². The first-order valence-corrected chi connectivity index (χ1v) is 4.27. The average molecular weight is 206 g/mol. The molecule has 0 radical (unpaired) electrons. The molecule has 1 aromatic carbocycles. The van der Waals surface area contributed by atoms with Crippen LogP contribution >= 0.6 is 0 Å². The van der Waals surface area contributed by atoms with E-state index in [1.54, 1.807) is 6.07 Å². The maximum Gasteiger partial charge on any atom is 0.222 e. The molecule has 0 aliphatic heterocycles. The standard InChI is InChI=1S/C11H7FO3/c1-15-6-2-3-7-8(4-6)11(14)9(12)5-10(7)13/h2-5H,1H3. The maximum atomic E-state index is 13.0. The zero-order valence-electron chi connectivity index (χ0n) is 7.91. The van der Waals surface area contributed by atoms with Crippen LogP contribution in [0.4, 0.5) is 4.39 Å². The summed E-state index contributed by atoms with van der Waals surface area (Å²) in [7, 11) is 1.43. The lowest BCUT2D eigenvalue weighted by Crippen LogP contribution is -2.14. The van der Waals surface area contributed by atoms with Crippen LogP contribution in [-0.4, -0.2) is 18.7 Å². The molecular formula is C11H7FO3. The van der Waals surface area contributed by atoms with Crippen LogP contribution in [0.3, 0.4) is 0 Å². The topological polar surface area (TPSA) is 43.4 Å². The van der Waals surface area contributed by atoms with E-state index in [2.05, 4.69) is 0 Å². The van der Waals surface area contributed by atoms with Crippen molar-refractivity contribution in [3.63, 3.8) is 0 Å². The second kappa shape index (κ2) is 3.31. The molecule has 1 aromatic rings. The number of Topliss-reactive ketones (excluding diaryl/α,β-unsaturated/α-hetero) is 1. The lowest BCUT2D eigenvalue weighted by Gasteiger charge is -2.11. The Morgan fingerprint density at radius 3 is 2.60 bits per heavy atom. The molecule has 3 nitrogen and oxygen atoms in total. The lowest BCUT2D eigenvalue weighted by atomic mass is 9.94. The Kier molecular flexibility index (Phi) is 2.11. The van der Waals surface area contributed by atoms with Crippen LogP contribution in [-0.2, 0) is 0 Å². The molecule has 15 heavy (non-hydrogen) atoms. The summed E-state index contributed by atoms with van der Waals surface area (Å²) in [5, 5.41) is 0. The van der Waals surface area contributed by atoms with Gasteiger partial charge in [0.2, 0.25) is 5.78 Å². The Morgan fingerprint density at radius 2 is 1.93 bits per heavy atom. The molecule has 0 saturated carbocycles. The Hall–Kier alpha value is -1.97. The molecule has 0 N–H and O–H groups in total. The predicted molar refractivity (Wildman–Crippen MR) is 50.8 cm³/mol. The minimum absolute atomic E-state index is 0.0550. The number of rotatable bonds is 1. The quantitative estimate of drug-likeness (QED) is 0.705. The zero-order valence-corrected chi connectivity index (χ0v) is 7.91. The monoisotopic (exact) mass is 206 g/mol. The van der Waals surface area contributed by atoms with E-state index in [0.717, 1.165) is 0 Å². The number of benzene rings is 1. The normalized spacial score (nSPS) is 14.7. The molecule has 0 heterocycles. The molecular weight excluding hydrogens is 199 g/mol. The van der Waals surface area contributed by atoms with E-state index in [4.69, 9.17) is 4.74 Å². The zero-order chi connectivity index (χ0) is 11.0. The third kappa shape index (κ3) is 1.44. The van der Waals surface area contributed by atoms with Gasteiger partial charge in [0.05, 0.1) is 7.11 Å². The number of ketones is 2. The van der Waals surface area contributed by atoms with Crippen molar-refractivity contribution in [2.45, 2.75) is 0 Å². The Morgan fingerprint density at radius 1 is 1.20 bits per heavy atom. The highest BCUT2D eigenvalue weighted by atomic mass is 19.1. The van der Waals surface area contributed by atoms with E-state index < -0.39 is 17.4 Å². The fraction of sp³-hybridized carbons (Fsp3) is 0.0909. The number of allylic oxidation sites excluding steroid dienone is 2. The van der Waals surface area contributed by atoms with Gasteiger partial charge in [-0.1, -0.05) is 0 Å². The van der Waals surface area contributed by atoms with Gasteiger partial charge in [0, 0.05) is 17.2 Å². The molecule has 1 aliphatic carbocycles. The first-order chi connectivity index (χ1) is 7.13. The third-order valence-electron chi connectivity index (χ3n) is 2.21. The number of methoxy groups -OCH3 is 1. The van der Waals surface area contributed by atoms with Crippen LogP contribution in [0.1, 0.15) is 20.7 Å². The maximum absolute atomic E-state index is 13.0. The van der Waals surface area contributed by atoms with Crippen LogP contribution in [0, 0.1) is 0 Å². The minimum atomic E-state index is -1.03. The Bertz CT molecular complexity index is 489. The summed E-state index contributed by atoms with van der Waals surface area (Å²) >= 11 is 0.